The Morgan fingerprint density at radius 1 is 0.909 bits per heavy atom. The molecule has 0 N–H and O–H groups in total. The molecule has 0 bridgehead atoms. The Morgan fingerprint density at radius 2 is 1.48 bits per heavy atom. The summed E-state index contributed by atoms with van der Waals surface area (Å²) in [7, 11) is 0. The fourth-order valence-electron chi connectivity index (χ4n) is 4.18. The van der Waals surface area contributed by atoms with Crippen LogP contribution >= 0.6 is 0 Å². The van der Waals surface area contributed by atoms with Crippen LogP contribution in [0, 0.1) is 0 Å². The van der Waals surface area contributed by atoms with Crippen molar-refractivity contribution in [2.24, 2.45) is 0 Å². The van der Waals surface area contributed by atoms with E-state index in [4.69, 9.17) is 28.1 Å². The lowest BCUT2D eigenvalue weighted by Gasteiger charge is -2.43. The summed E-state index contributed by atoms with van der Waals surface area (Å²) in [5.74, 6) is -0.758. The summed E-state index contributed by atoms with van der Waals surface area (Å²) in [6.07, 6.45) is -2.52. The normalized spacial score (nSPS) is 35.8. The summed E-state index contributed by atoms with van der Waals surface area (Å²) in [4.78, 5) is 37.6. The van der Waals surface area contributed by atoms with E-state index < -0.39 is 46.6 Å². The number of esters is 2. The Kier molecular flexibility index (Phi) is 4.52. The number of epoxide rings is 2. The van der Waals surface area contributed by atoms with Gasteiger partial charge in [-0.2, -0.15) is 0 Å². The molecule has 0 spiro atoms. The minimum atomic E-state index is -1.08. The standard InChI is InChI=1S/C24H26O9/c1-11-23(5,31-11)20(26)29-18-14-9-13-7-8-17(25)28-15(13)10-16(14)33-22(3,4)19(18)30-21(27)24(6)12(2)32-24/h7-12,18-19H,1-6H3/t11-,12-,18+,19+,23+,24-/m0/s1. The summed E-state index contributed by atoms with van der Waals surface area (Å²) in [6, 6.07) is 6.20. The number of benzene rings is 1. The van der Waals surface area contributed by atoms with Gasteiger partial charge in [-0.3, -0.25) is 0 Å². The monoisotopic (exact) mass is 458 g/mol. The van der Waals surface area contributed by atoms with Crippen molar-refractivity contribution in [3.63, 3.8) is 0 Å². The molecule has 9 heteroatoms. The van der Waals surface area contributed by atoms with Gasteiger partial charge in [-0.15, -0.1) is 0 Å². The van der Waals surface area contributed by atoms with E-state index in [0.29, 0.717) is 22.3 Å². The molecule has 0 radical (unpaired) electrons. The van der Waals surface area contributed by atoms with Crippen LogP contribution in [0.15, 0.2) is 33.5 Å². The molecule has 4 heterocycles. The second kappa shape index (κ2) is 6.80. The van der Waals surface area contributed by atoms with E-state index in [0.717, 1.165) is 0 Å². The molecule has 0 aliphatic carbocycles. The van der Waals surface area contributed by atoms with Crippen molar-refractivity contribution in [3.8, 4) is 5.75 Å². The lowest BCUT2D eigenvalue weighted by molar-refractivity contribution is -0.196. The van der Waals surface area contributed by atoms with Gasteiger partial charge >= 0.3 is 17.6 Å². The van der Waals surface area contributed by atoms with Crippen LogP contribution in [-0.4, -0.2) is 47.1 Å². The predicted molar refractivity (Wildman–Crippen MR) is 114 cm³/mol. The molecule has 33 heavy (non-hydrogen) atoms. The molecule has 0 amide bonds. The summed E-state index contributed by atoms with van der Waals surface area (Å²) >= 11 is 0. The van der Waals surface area contributed by atoms with Gasteiger partial charge in [0.05, 0.1) is 12.2 Å². The van der Waals surface area contributed by atoms with Crippen molar-refractivity contribution in [3.05, 3.63) is 40.2 Å². The molecular weight excluding hydrogens is 432 g/mol. The minimum Gasteiger partial charge on any atom is -0.483 e. The highest BCUT2D eigenvalue weighted by Crippen LogP contribution is 2.48. The van der Waals surface area contributed by atoms with E-state index in [9.17, 15) is 14.4 Å². The summed E-state index contributed by atoms with van der Waals surface area (Å²) in [5, 5.41) is 0.608. The Bertz CT molecular complexity index is 1230. The van der Waals surface area contributed by atoms with Crippen LogP contribution in [0.1, 0.15) is 53.2 Å². The van der Waals surface area contributed by atoms with Crippen molar-refractivity contribution in [2.45, 2.75) is 82.8 Å². The average Bonchev–Trinajstić information content (AvgIpc) is 3.57. The molecule has 0 saturated carbocycles. The first-order valence-electron chi connectivity index (χ1n) is 10.9. The maximum absolute atomic E-state index is 13.0. The highest BCUT2D eigenvalue weighted by atomic mass is 16.7. The first-order chi connectivity index (χ1) is 15.3. The first-order valence-corrected chi connectivity index (χ1v) is 10.9. The molecule has 1 aromatic carbocycles. The lowest BCUT2D eigenvalue weighted by Crippen LogP contribution is -2.53. The SMILES string of the molecule is C[C@@H]1O[C@@]1(C)C(=O)O[C@@H]1c2cc3ccc(=O)oc3cc2OC(C)(C)[C@@H]1OC(=O)[C@@]1(C)O[C@H]1C. The third-order valence-electron chi connectivity index (χ3n) is 6.95. The minimum absolute atomic E-state index is 0.280. The molecule has 1 aromatic heterocycles. The molecule has 3 aliphatic heterocycles. The van der Waals surface area contributed by atoms with Crippen LogP contribution in [0.3, 0.4) is 0 Å². The molecule has 2 saturated heterocycles. The molecule has 9 nitrogen and oxygen atoms in total. The molecule has 3 aliphatic rings. The van der Waals surface area contributed by atoms with Crippen molar-refractivity contribution >= 4 is 22.9 Å². The van der Waals surface area contributed by atoms with Crippen molar-refractivity contribution < 1.29 is 37.7 Å². The molecular formula is C24H26O9. The van der Waals surface area contributed by atoms with E-state index in [2.05, 4.69) is 0 Å². The third-order valence-corrected chi connectivity index (χ3v) is 6.95. The molecule has 2 aromatic rings. The second-order valence-corrected chi connectivity index (χ2v) is 9.77. The summed E-state index contributed by atoms with van der Waals surface area (Å²) < 4.78 is 34.1. The Balaban J connectivity index is 1.58. The summed E-state index contributed by atoms with van der Waals surface area (Å²) in [6.45, 7) is 10.3. The van der Waals surface area contributed by atoms with Gasteiger partial charge < -0.3 is 28.1 Å². The number of fused-ring (bicyclic) bond motifs is 2. The fourth-order valence-corrected chi connectivity index (χ4v) is 4.18. The van der Waals surface area contributed by atoms with Crippen molar-refractivity contribution in [1.82, 2.24) is 0 Å². The topological polar surface area (TPSA) is 117 Å². The van der Waals surface area contributed by atoms with Crippen LogP contribution in [0.5, 0.6) is 5.75 Å². The zero-order valence-corrected chi connectivity index (χ0v) is 19.3. The highest BCUT2D eigenvalue weighted by Gasteiger charge is 2.61. The molecule has 0 unspecified atom stereocenters. The van der Waals surface area contributed by atoms with Crippen molar-refractivity contribution in [2.75, 3.05) is 0 Å². The van der Waals surface area contributed by atoms with Gasteiger partial charge in [0.2, 0.25) is 0 Å². The second-order valence-electron chi connectivity index (χ2n) is 9.77. The van der Waals surface area contributed by atoms with Gasteiger partial charge in [-0.1, -0.05) is 0 Å². The molecule has 2 fully saturated rings. The van der Waals surface area contributed by atoms with E-state index in [1.165, 1.54) is 6.07 Å². The number of rotatable bonds is 4. The van der Waals surface area contributed by atoms with E-state index in [-0.39, 0.29) is 12.2 Å². The molecule has 5 rings (SSSR count). The largest absolute Gasteiger partial charge is 0.483 e. The van der Waals surface area contributed by atoms with E-state index in [1.54, 1.807) is 59.7 Å². The fraction of sp³-hybridized carbons (Fsp3) is 0.542. The van der Waals surface area contributed by atoms with Crippen molar-refractivity contribution in [1.29, 1.82) is 0 Å². The number of hydrogen-bond acceptors (Lipinski definition) is 9. The van der Waals surface area contributed by atoms with Gasteiger partial charge in [0.15, 0.2) is 23.4 Å². The zero-order valence-electron chi connectivity index (χ0n) is 19.3. The number of hydrogen-bond donors (Lipinski definition) is 0. The maximum atomic E-state index is 13.0. The van der Waals surface area contributed by atoms with Crippen LogP contribution in [-0.2, 0) is 28.5 Å². The lowest BCUT2D eigenvalue weighted by atomic mass is 9.87. The average molecular weight is 458 g/mol. The van der Waals surface area contributed by atoms with Crippen LogP contribution in [0.25, 0.3) is 11.0 Å². The summed E-state index contributed by atoms with van der Waals surface area (Å²) in [5.41, 5.74) is -2.88. The Morgan fingerprint density at radius 3 is 2.06 bits per heavy atom. The van der Waals surface area contributed by atoms with Gasteiger partial charge in [0.25, 0.3) is 0 Å². The Hall–Kier alpha value is -2.91. The first kappa shape index (κ1) is 21.9. The molecule has 176 valence electrons. The smallest absolute Gasteiger partial charge is 0.341 e. The van der Waals surface area contributed by atoms with Gasteiger partial charge in [-0.05, 0) is 53.7 Å². The van der Waals surface area contributed by atoms with Crippen LogP contribution in [0.4, 0.5) is 0 Å². The highest BCUT2D eigenvalue weighted by molar-refractivity contribution is 5.85. The Labute approximate surface area is 189 Å². The van der Waals surface area contributed by atoms with Crippen LogP contribution < -0.4 is 10.4 Å². The third kappa shape index (κ3) is 3.41. The number of carbonyl (C=O) groups excluding carboxylic acids is 2. The van der Waals surface area contributed by atoms with E-state index in [1.807, 2.05) is 0 Å². The van der Waals surface area contributed by atoms with Gasteiger partial charge in [-0.25, -0.2) is 14.4 Å². The maximum Gasteiger partial charge on any atom is 0.341 e. The van der Waals surface area contributed by atoms with Gasteiger partial charge in [0, 0.05) is 23.1 Å². The van der Waals surface area contributed by atoms with E-state index >= 15 is 0 Å². The number of carbonyl (C=O) groups is 2. The quantitative estimate of drug-likeness (QED) is 0.387. The zero-order chi connectivity index (χ0) is 23.9. The van der Waals surface area contributed by atoms with Crippen LogP contribution in [0.2, 0.25) is 0 Å². The molecule has 6 atom stereocenters. The van der Waals surface area contributed by atoms with Gasteiger partial charge in [0.1, 0.15) is 16.9 Å². The number of ether oxygens (including phenoxy) is 5. The predicted octanol–water partition coefficient (Wildman–Crippen LogP) is 2.81.